The maximum atomic E-state index is 11.2. The summed E-state index contributed by atoms with van der Waals surface area (Å²) in [5.41, 5.74) is 2.33. The average molecular weight is 180 g/mol. The minimum absolute atomic E-state index is 0.0752. The van der Waals surface area contributed by atoms with Crippen LogP contribution in [0, 0.1) is 0 Å². The zero-order valence-electron chi connectivity index (χ0n) is 7.53. The molecule has 14 heavy (non-hydrogen) atoms. The number of hydrogen-bond donors (Lipinski definition) is 0. The Kier molecular flexibility index (Phi) is 1.37. The summed E-state index contributed by atoms with van der Waals surface area (Å²) in [6.45, 7) is 0. The monoisotopic (exact) mass is 180 g/mol. The molecule has 0 saturated heterocycles. The number of ketones is 1. The summed E-state index contributed by atoms with van der Waals surface area (Å²) in [6.07, 6.45) is 11.3. The third kappa shape index (κ3) is 0.925. The van der Waals surface area contributed by atoms with E-state index in [1.807, 2.05) is 12.2 Å². The number of carbonyl (C=O) groups excluding carboxylic acids is 1. The summed E-state index contributed by atoms with van der Waals surface area (Å²) in [5, 5.41) is 2.22. The maximum absolute atomic E-state index is 11.2. The van der Waals surface area contributed by atoms with Crippen molar-refractivity contribution in [1.82, 2.24) is 0 Å². The van der Waals surface area contributed by atoms with Crippen molar-refractivity contribution in [3.05, 3.63) is 45.8 Å². The quantitative estimate of drug-likeness (QED) is 0.579. The fourth-order valence-electron chi connectivity index (χ4n) is 1.92. The summed E-state index contributed by atoms with van der Waals surface area (Å²) in [4.78, 5) is 11.2. The van der Waals surface area contributed by atoms with Gasteiger partial charge in [0.15, 0.2) is 5.78 Å². The van der Waals surface area contributed by atoms with E-state index in [1.165, 1.54) is 10.8 Å². The Balaban J connectivity index is 2.51. The SMILES string of the molecule is O=C1C=Cc2ccc3c(c2=C1)=CC=C3. The summed E-state index contributed by atoms with van der Waals surface area (Å²) in [7, 11) is 0. The lowest BCUT2D eigenvalue weighted by Crippen LogP contribution is -2.30. The van der Waals surface area contributed by atoms with Crippen molar-refractivity contribution in [2.24, 2.45) is 0 Å². The maximum Gasteiger partial charge on any atom is 0.179 e. The van der Waals surface area contributed by atoms with Gasteiger partial charge in [-0.1, -0.05) is 36.4 Å². The third-order valence-electron chi connectivity index (χ3n) is 2.61. The molecular weight excluding hydrogens is 172 g/mol. The van der Waals surface area contributed by atoms with Crippen LogP contribution in [0.1, 0.15) is 11.1 Å². The van der Waals surface area contributed by atoms with Gasteiger partial charge >= 0.3 is 0 Å². The van der Waals surface area contributed by atoms with Crippen molar-refractivity contribution in [3.63, 3.8) is 0 Å². The molecule has 1 heteroatoms. The summed E-state index contributed by atoms with van der Waals surface area (Å²) in [5.74, 6) is 0.0752. The Morgan fingerprint density at radius 3 is 2.50 bits per heavy atom. The Morgan fingerprint density at radius 2 is 1.64 bits per heavy atom. The number of hydrogen-bond acceptors (Lipinski definition) is 1. The van der Waals surface area contributed by atoms with E-state index < -0.39 is 0 Å². The van der Waals surface area contributed by atoms with Crippen LogP contribution in [0.2, 0.25) is 0 Å². The minimum Gasteiger partial charge on any atom is -0.290 e. The second kappa shape index (κ2) is 2.55. The fraction of sp³-hybridized carbons (Fsp3) is 0. The molecule has 0 aliphatic heterocycles. The molecule has 2 aliphatic rings. The predicted molar refractivity (Wildman–Crippen MR) is 57.7 cm³/mol. The van der Waals surface area contributed by atoms with Crippen molar-refractivity contribution in [2.45, 2.75) is 0 Å². The van der Waals surface area contributed by atoms with Gasteiger partial charge in [0.2, 0.25) is 0 Å². The van der Waals surface area contributed by atoms with Crippen molar-refractivity contribution >= 4 is 30.1 Å². The summed E-state index contributed by atoms with van der Waals surface area (Å²) >= 11 is 0. The highest BCUT2D eigenvalue weighted by molar-refractivity contribution is 6.16. The third-order valence-corrected chi connectivity index (χ3v) is 2.61. The van der Waals surface area contributed by atoms with Gasteiger partial charge in [-0.15, -0.1) is 0 Å². The zero-order valence-corrected chi connectivity index (χ0v) is 7.53. The van der Waals surface area contributed by atoms with Crippen LogP contribution in [0.3, 0.4) is 0 Å². The van der Waals surface area contributed by atoms with E-state index in [2.05, 4.69) is 24.3 Å². The average Bonchev–Trinajstić information content (AvgIpc) is 2.65. The topological polar surface area (TPSA) is 17.1 Å². The second-order valence-electron chi connectivity index (χ2n) is 3.48. The Hall–Kier alpha value is -1.89. The largest absolute Gasteiger partial charge is 0.290 e. The van der Waals surface area contributed by atoms with Gasteiger partial charge < -0.3 is 0 Å². The normalized spacial score (nSPS) is 15.9. The molecule has 66 valence electrons. The van der Waals surface area contributed by atoms with E-state index in [4.69, 9.17) is 0 Å². The van der Waals surface area contributed by atoms with Gasteiger partial charge in [0, 0.05) is 0 Å². The Bertz CT molecular complexity index is 601. The molecule has 0 bridgehead atoms. The van der Waals surface area contributed by atoms with E-state index in [-0.39, 0.29) is 5.78 Å². The molecular formula is C13H8O. The molecule has 0 amide bonds. The predicted octanol–water partition coefficient (Wildman–Crippen LogP) is 0.870. The van der Waals surface area contributed by atoms with Crippen molar-refractivity contribution in [3.8, 4) is 0 Å². The first-order chi connectivity index (χ1) is 6.84. The lowest BCUT2D eigenvalue weighted by atomic mass is 10.0. The van der Waals surface area contributed by atoms with Crippen molar-refractivity contribution in [2.75, 3.05) is 0 Å². The zero-order chi connectivity index (χ0) is 9.54. The standard InChI is InChI=1S/C13H8O/c14-11-7-6-10-5-4-9-2-1-3-12(9)13(10)8-11/h1-8H. The fourth-order valence-corrected chi connectivity index (χ4v) is 1.92. The van der Waals surface area contributed by atoms with Gasteiger partial charge in [0.05, 0.1) is 0 Å². The van der Waals surface area contributed by atoms with Crippen LogP contribution in [0.4, 0.5) is 0 Å². The molecule has 0 spiro atoms. The van der Waals surface area contributed by atoms with Gasteiger partial charge in [0.1, 0.15) is 0 Å². The van der Waals surface area contributed by atoms with Gasteiger partial charge in [-0.05, 0) is 33.7 Å². The van der Waals surface area contributed by atoms with E-state index in [0.717, 1.165) is 10.8 Å². The van der Waals surface area contributed by atoms with Gasteiger partial charge in [-0.2, -0.15) is 0 Å². The molecule has 0 N–H and O–H groups in total. The molecule has 0 aromatic heterocycles. The Morgan fingerprint density at radius 1 is 0.857 bits per heavy atom. The molecule has 0 heterocycles. The first-order valence-corrected chi connectivity index (χ1v) is 4.60. The smallest absolute Gasteiger partial charge is 0.179 e. The highest BCUT2D eigenvalue weighted by Gasteiger charge is 2.05. The summed E-state index contributed by atoms with van der Waals surface area (Å²) in [6, 6.07) is 4.14. The van der Waals surface area contributed by atoms with Crippen LogP contribution in [-0.4, -0.2) is 5.78 Å². The Labute approximate surface area is 81.4 Å². The molecule has 0 fully saturated rings. The summed E-state index contributed by atoms with van der Waals surface area (Å²) < 4.78 is 0. The number of carbonyl (C=O) groups is 1. The molecule has 3 rings (SSSR count). The highest BCUT2D eigenvalue weighted by Crippen LogP contribution is 2.05. The van der Waals surface area contributed by atoms with Crippen LogP contribution in [0.15, 0.2) is 24.3 Å². The number of fused-ring (bicyclic) bond motifs is 3. The van der Waals surface area contributed by atoms with Crippen LogP contribution >= 0.6 is 0 Å². The lowest BCUT2D eigenvalue weighted by Gasteiger charge is -2.02. The van der Waals surface area contributed by atoms with Crippen LogP contribution in [0.25, 0.3) is 24.3 Å². The molecule has 2 aliphatic carbocycles. The minimum atomic E-state index is 0.0752. The highest BCUT2D eigenvalue weighted by atomic mass is 16.1. The van der Waals surface area contributed by atoms with E-state index in [9.17, 15) is 4.79 Å². The second-order valence-corrected chi connectivity index (χ2v) is 3.48. The van der Waals surface area contributed by atoms with E-state index in [1.54, 1.807) is 12.2 Å². The molecule has 0 radical (unpaired) electrons. The number of allylic oxidation sites excluding steroid dienone is 2. The number of benzene rings is 1. The first-order valence-electron chi connectivity index (χ1n) is 4.60. The van der Waals surface area contributed by atoms with Crippen LogP contribution in [-0.2, 0) is 4.79 Å². The van der Waals surface area contributed by atoms with Gasteiger partial charge in [0.25, 0.3) is 0 Å². The van der Waals surface area contributed by atoms with Gasteiger partial charge in [-0.3, -0.25) is 4.79 Å². The lowest BCUT2D eigenvalue weighted by molar-refractivity contribution is -0.109. The van der Waals surface area contributed by atoms with Crippen LogP contribution in [0.5, 0.6) is 0 Å². The van der Waals surface area contributed by atoms with Crippen molar-refractivity contribution < 1.29 is 4.79 Å². The molecule has 0 saturated carbocycles. The molecule has 1 aromatic rings. The molecule has 0 atom stereocenters. The molecule has 1 aromatic carbocycles. The van der Waals surface area contributed by atoms with E-state index >= 15 is 0 Å². The molecule has 0 unspecified atom stereocenters. The van der Waals surface area contributed by atoms with Crippen molar-refractivity contribution in [1.29, 1.82) is 0 Å². The van der Waals surface area contributed by atoms with E-state index in [0.29, 0.717) is 0 Å². The van der Waals surface area contributed by atoms with Gasteiger partial charge in [-0.25, -0.2) is 0 Å². The molecule has 1 nitrogen and oxygen atoms in total. The number of rotatable bonds is 0. The first kappa shape index (κ1) is 7.51. The van der Waals surface area contributed by atoms with Crippen LogP contribution < -0.4 is 10.4 Å².